The Morgan fingerprint density at radius 3 is 2.63 bits per heavy atom. The van der Waals surface area contributed by atoms with Gasteiger partial charge in [0, 0.05) is 37.4 Å². The van der Waals surface area contributed by atoms with Crippen LogP contribution in [0, 0.1) is 18.3 Å². The molecule has 4 aromatic heterocycles. The zero-order valence-electron chi connectivity index (χ0n) is 20.3. The number of nitriles is 1. The number of hydrogen-bond donors (Lipinski definition) is 0. The van der Waals surface area contributed by atoms with E-state index in [0.29, 0.717) is 17.1 Å². The molecule has 0 amide bonds. The van der Waals surface area contributed by atoms with E-state index in [2.05, 4.69) is 45.3 Å². The molecule has 0 saturated carbocycles. The number of fused-ring (bicyclic) bond motifs is 1. The van der Waals surface area contributed by atoms with Gasteiger partial charge in [-0.15, -0.1) is 0 Å². The number of hydrogen-bond acceptors (Lipinski definition) is 7. The highest BCUT2D eigenvalue weighted by molar-refractivity contribution is 5.97. The van der Waals surface area contributed by atoms with Crippen molar-refractivity contribution in [1.82, 2.24) is 29.3 Å². The molecule has 0 aliphatic carbocycles. The topological polar surface area (TPSA) is 95.3 Å². The normalized spacial score (nSPS) is 14.4. The highest BCUT2D eigenvalue weighted by atomic mass is 16.1. The summed E-state index contributed by atoms with van der Waals surface area (Å²) in [6.07, 6.45) is 5.05. The van der Waals surface area contributed by atoms with Crippen LogP contribution >= 0.6 is 0 Å². The van der Waals surface area contributed by atoms with Gasteiger partial charge in [-0.2, -0.15) is 15.5 Å². The Balaban J connectivity index is 1.49. The van der Waals surface area contributed by atoms with Crippen LogP contribution in [0.2, 0.25) is 0 Å². The molecule has 1 saturated heterocycles. The summed E-state index contributed by atoms with van der Waals surface area (Å²) < 4.78 is 3.44. The summed E-state index contributed by atoms with van der Waals surface area (Å²) in [6.45, 7) is 10.9. The van der Waals surface area contributed by atoms with E-state index in [1.807, 2.05) is 23.6 Å². The minimum Gasteiger partial charge on any atom is -0.368 e. The summed E-state index contributed by atoms with van der Waals surface area (Å²) in [7, 11) is 0. The smallest absolute Gasteiger partial charge is 0.165 e. The molecule has 1 aliphatic heterocycles. The van der Waals surface area contributed by atoms with E-state index in [1.165, 1.54) is 13.3 Å². The monoisotopic (exact) mass is 468 g/mol. The van der Waals surface area contributed by atoms with E-state index in [-0.39, 0.29) is 11.5 Å². The number of rotatable bonds is 6. The second-order valence-electron chi connectivity index (χ2n) is 8.92. The zero-order chi connectivity index (χ0) is 24.5. The van der Waals surface area contributed by atoms with Crippen molar-refractivity contribution in [2.24, 2.45) is 0 Å². The number of carbonyl (C=O) groups excluding carboxylic acids is 1. The van der Waals surface area contributed by atoms with Crippen molar-refractivity contribution in [2.75, 3.05) is 37.6 Å². The molecule has 0 spiro atoms. The summed E-state index contributed by atoms with van der Waals surface area (Å²) >= 11 is 0. The lowest BCUT2D eigenvalue weighted by molar-refractivity contribution is 0.101. The van der Waals surface area contributed by atoms with Gasteiger partial charge in [-0.1, -0.05) is 6.92 Å². The number of piperazine rings is 1. The Kier molecular flexibility index (Phi) is 6.05. The number of carbonyl (C=O) groups is 1. The average molecular weight is 469 g/mol. The van der Waals surface area contributed by atoms with Crippen LogP contribution < -0.4 is 4.90 Å². The first-order chi connectivity index (χ1) is 17.0. The summed E-state index contributed by atoms with van der Waals surface area (Å²) in [5, 5.41) is 18.2. The van der Waals surface area contributed by atoms with Gasteiger partial charge in [0.05, 0.1) is 34.9 Å². The second-order valence-corrected chi connectivity index (χ2v) is 8.92. The first-order valence-corrected chi connectivity index (χ1v) is 11.9. The van der Waals surface area contributed by atoms with Crippen molar-refractivity contribution in [1.29, 1.82) is 5.26 Å². The maximum absolute atomic E-state index is 12.3. The van der Waals surface area contributed by atoms with Crippen LogP contribution in [-0.4, -0.2) is 67.8 Å². The number of nitrogens with zero attached hydrogens (tertiary/aromatic N) is 8. The van der Waals surface area contributed by atoms with E-state index in [9.17, 15) is 10.1 Å². The SMILES string of the molecule is CCCN1CCN(c2ccc3c(-c4ccc(C(C)=O)c(-n5nc(C#N)cc5C)n4)cnn3c2)CC1. The van der Waals surface area contributed by atoms with E-state index in [1.54, 1.807) is 23.0 Å². The molecule has 0 aromatic carbocycles. The van der Waals surface area contributed by atoms with Crippen molar-refractivity contribution < 1.29 is 4.79 Å². The number of Topliss-reactive ketones (excluding diaryl/α,β-unsaturated/α-hetero) is 1. The Morgan fingerprint density at radius 2 is 1.94 bits per heavy atom. The van der Waals surface area contributed by atoms with E-state index >= 15 is 0 Å². The third-order valence-corrected chi connectivity index (χ3v) is 6.51. The highest BCUT2D eigenvalue weighted by Gasteiger charge is 2.20. The lowest BCUT2D eigenvalue weighted by Gasteiger charge is -2.35. The summed E-state index contributed by atoms with van der Waals surface area (Å²) in [5.74, 6) is 0.297. The first kappa shape index (κ1) is 22.7. The maximum atomic E-state index is 12.3. The van der Waals surface area contributed by atoms with Crippen LogP contribution in [0.4, 0.5) is 5.69 Å². The van der Waals surface area contributed by atoms with Gasteiger partial charge in [-0.05, 0) is 57.1 Å². The molecule has 9 heteroatoms. The standard InChI is InChI=1S/C26H28N8O/c1-4-9-31-10-12-32(13-11-31)21-5-8-25-23(16-28-33(25)17-21)24-7-6-22(19(3)35)26(29-24)34-18(2)14-20(15-27)30-34/h5-8,14,16-17H,4,9-13H2,1-3H3. The van der Waals surface area contributed by atoms with Crippen LogP contribution in [0.5, 0.6) is 0 Å². The van der Waals surface area contributed by atoms with Crippen LogP contribution in [-0.2, 0) is 0 Å². The van der Waals surface area contributed by atoms with Gasteiger partial charge < -0.3 is 4.90 Å². The highest BCUT2D eigenvalue weighted by Crippen LogP contribution is 2.28. The molecule has 4 aromatic rings. The van der Waals surface area contributed by atoms with Crippen LogP contribution in [0.15, 0.2) is 42.7 Å². The van der Waals surface area contributed by atoms with Crippen molar-refractivity contribution in [3.05, 3.63) is 59.7 Å². The second kappa shape index (κ2) is 9.31. The largest absolute Gasteiger partial charge is 0.368 e. The predicted octanol–water partition coefficient (Wildman–Crippen LogP) is 3.50. The number of aryl methyl sites for hydroxylation is 1. The summed E-state index contributed by atoms with van der Waals surface area (Å²) in [5.41, 5.74) is 5.11. The van der Waals surface area contributed by atoms with Gasteiger partial charge in [0.2, 0.25) is 0 Å². The molecule has 1 aliphatic rings. The number of aromatic nitrogens is 5. The van der Waals surface area contributed by atoms with Gasteiger partial charge in [-0.3, -0.25) is 9.69 Å². The van der Waals surface area contributed by atoms with Crippen LogP contribution in [0.25, 0.3) is 22.6 Å². The van der Waals surface area contributed by atoms with Gasteiger partial charge in [0.25, 0.3) is 0 Å². The number of ketones is 1. The van der Waals surface area contributed by atoms with Gasteiger partial charge >= 0.3 is 0 Å². The molecule has 0 radical (unpaired) electrons. The molecule has 0 N–H and O–H groups in total. The minimum absolute atomic E-state index is 0.115. The molecule has 1 fully saturated rings. The van der Waals surface area contributed by atoms with Crippen molar-refractivity contribution in [3.63, 3.8) is 0 Å². The Morgan fingerprint density at radius 1 is 1.14 bits per heavy atom. The van der Waals surface area contributed by atoms with Gasteiger partial charge in [0.1, 0.15) is 6.07 Å². The van der Waals surface area contributed by atoms with E-state index in [0.717, 1.165) is 55.2 Å². The zero-order valence-corrected chi connectivity index (χ0v) is 20.3. The molecular formula is C26H28N8O. The van der Waals surface area contributed by atoms with Crippen LogP contribution in [0.3, 0.4) is 0 Å². The van der Waals surface area contributed by atoms with Crippen molar-refractivity contribution in [2.45, 2.75) is 27.2 Å². The third kappa shape index (κ3) is 4.29. The molecule has 5 heterocycles. The van der Waals surface area contributed by atoms with E-state index in [4.69, 9.17) is 4.98 Å². The van der Waals surface area contributed by atoms with Crippen molar-refractivity contribution in [3.8, 4) is 23.1 Å². The Hall–Kier alpha value is -4.03. The molecule has 0 bridgehead atoms. The lowest BCUT2D eigenvalue weighted by Crippen LogP contribution is -2.46. The number of anilines is 1. The van der Waals surface area contributed by atoms with Gasteiger partial charge in [0.15, 0.2) is 17.3 Å². The van der Waals surface area contributed by atoms with Crippen LogP contribution in [0.1, 0.15) is 42.0 Å². The summed E-state index contributed by atoms with van der Waals surface area (Å²) in [6, 6.07) is 11.5. The van der Waals surface area contributed by atoms with Gasteiger partial charge in [-0.25, -0.2) is 14.2 Å². The Labute approximate surface area is 204 Å². The fourth-order valence-electron chi connectivity index (χ4n) is 4.68. The third-order valence-electron chi connectivity index (χ3n) is 6.51. The average Bonchev–Trinajstić information content (AvgIpc) is 3.47. The Bertz CT molecular complexity index is 1440. The molecule has 5 rings (SSSR count). The molecule has 0 unspecified atom stereocenters. The minimum atomic E-state index is -0.115. The molecular weight excluding hydrogens is 440 g/mol. The predicted molar refractivity (Wildman–Crippen MR) is 134 cm³/mol. The molecule has 9 nitrogen and oxygen atoms in total. The molecule has 178 valence electrons. The molecule has 0 atom stereocenters. The quantitative estimate of drug-likeness (QED) is 0.400. The fourth-order valence-corrected chi connectivity index (χ4v) is 4.68. The number of pyridine rings is 2. The van der Waals surface area contributed by atoms with Crippen molar-refractivity contribution >= 4 is 17.0 Å². The molecule has 35 heavy (non-hydrogen) atoms. The first-order valence-electron chi connectivity index (χ1n) is 11.9. The maximum Gasteiger partial charge on any atom is 0.165 e. The summed E-state index contributed by atoms with van der Waals surface area (Å²) in [4.78, 5) is 22.0. The van der Waals surface area contributed by atoms with E-state index < -0.39 is 0 Å². The fraction of sp³-hybridized carbons (Fsp3) is 0.346. The lowest BCUT2D eigenvalue weighted by atomic mass is 10.1.